The molecule has 3 rings (SSSR count). The summed E-state index contributed by atoms with van der Waals surface area (Å²) in [5, 5.41) is 9.27. The molecule has 2 heterocycles. The largest absolute Gasteiger partial charge is 0.478 e. The summed E-state index contributed by atoms with van der Waals surface area (Å²) in [5.41, 5.74) is 4.04. The number of aryl methyl sites for hydroxylation is 2. The molecule has 3 nitrogen and oxygen atoms in total. The third-order valence-corrected chi connectivity index (χ3v) is 5.12. The van der Waals surface area contributed by atoms with Crippen molar-refractivity contribution in [3.8, 4) is 0 Å². The minimum atomic E-state index is -0.815. The topological polar surface area (TPSA) is 40.5 Å². The third kappa shape index (κ3) is 2.87. The molecule has 0 bridgehead atoms. The summed E-state index contributed by atoms with van der Waals surface area (Å²) in [4.78, 5) is 16.4. The maximum absolute atomic E-state index is 11.3. The summed E-state index contributed by atoms with van der Waals surface area (Å²) in [6.07, 6.45) is 0.819. The molecule has 1 N–H and O–H groups in total. The maximum atomic E-state index is 11.3. The second kappa shape index (κ2) is 5.62. The highest BCUT2D eigenvalue weighted by molar-refractivity contribution is 7.12. The van der Waals surface area contributed by atoms with Crippen molar-refractivity contribution in [2.24, 2.45) is 0 Å². The Balaban J connectivity index is 1.80. The van der Waals surface area contributed by atoms with Crippen LogP contribution in [0.5, 0.6) is 0 Å². The summed E-state index contributed by atoms with van der Waals surface area (Å²) >= 11 is 1.85. The molecule has 0 spiro atoms. The zero-order valence-corrected chi connectivity index (χ0v) is 13.2. The Bertz CT molecular complexity index is 690. The number of hydrogen-bond donors (Lipinski definition) is 1. The first kappa shape index (κ1) is 14.3. The molecule has 0 fully saturated rings. The summed E-state index contributed by atoms with van der Waals surface area (Å²) < 4.78 is 0. The van der Waals surface area contributed by atoms with Gasteiger partial charge in [0.25, 0.3) is 0 Å². The smallest absolute Gasteiger partial charge is 0.335 e. The SMILES string of the molecule is Cc1cc(CN2CCc3c(cccc3C(=O)O)C2)c(C)s1. The van der Waals surface area contributed by atoms with Crippen molar-refractivity contribution in [3.63, 3.8) is 0 Å². The van der Waals surface area contributed by atoms with Gasteiger partial charge in [0.05, 0.1) is 5.56 Å². The van der Waals surface area contributed by atoms with E-state index in [0.29, 0.717) is 5.56 Å². The maximum Gasteiger partial charge on any atom is 0.335 e. The van der Waals surface area contributed by atoms with E-state index >= 15 is 0 Å². The number of carbonyl (C=O) groups is 1. The van der Waals surface area contributed by atoms with Gasteiger partial charge in [-0.3, -0.25) is 4.90 Å². The van der Waals surface area contributed by atoms with Gasteiger partial charge in [-0.15, -0.1) is 11.3 Å². The minimum Gasteiger partial charge on any atom is -0.478 e. The minimum absolute atomic E-state index is 0.467. The number of carboxylic acids is 1. The molecule has 21 heavy (non-hydrogen) atoms. The zero-order valence-electron chi connectivity index (χ0n) is 12.3. The predicted molar refractivity (Wildman–Crippen MR) is 85.0 cm³/mol. The van der Waals surface area contributed by atoms with Crippen molar-refractivity contribution in [1.29, 1.82) is 0 Å². The normalized spacial score (nSPS) is 15.0. The fourth-order valence-electron chi connectivity index (χ4n) is 3.08. The lowest BCUT2D eigenvalue weighted by molar-refractivity contribution is 0.0694. The number of benzene rings is 1. The molecule has 1 aromatic heterocycles. The van der Waals surface area contributed by atoms with Crippen LogP contribution in [0, 0.1) is 13.8 Å². The van der Waals surface area contributed by atoms with Crippen LogP contribution in [-0.2, 0) is 19.5 Å². The molecule has 4 heteroatoms. The number of aromatic carboxylic acids is 1. The van der Waals surface area contributed by atoms with Crippen LogP contribution < -0.4 is 0 Å². The van der Waals surface area contributed by atoms with Crippen LogP contribution >= 0.6 is 11.3 Å². The second-order valence-electron chi connectivity index (χ2n) is 5.65. The average molecular weight is 301 g/mol. The quantitative estimate of drug-likeness (QED) is 0.941. The molecule has 1 aliphatic heterocycles. The molecule has 0 atom stereocenters. The predicted octanol–water partition coefficient (Wildman–Crippen LogP) is 3.62. The third-order valence-electron chi connectivity index (χ3n) is 4.11. The Hall–Kier alpha value is -1.65. The molecule has 0 aliphatic carbocycles. The van der Waals surface area contributed by atoms with Crippen LogP contribution in [0.25, 0.3) is 0 Å². The molecule has 0 saturated carbocycles. The van der Waals surface area contributed by atoms with Crippen molar-refractivity contribution in [2.45, 2.75) is 33.4 Å². The molecular formula is C17H19NO2S. The molecule has 0 unspecified atom stereocenters. The molecule has 0 saturated heterocycles. The van der Waals surface area contributed by atoms with E-state index in [4.69, 9.17) is 0 Å². The number of carboxylic acid groups (broad SMARTS) is 1. The van der Waals surface area contributed by atoms with Crippen LogP contribution in [0.2, 0.25) is 0 Å². The monoisotopic (exact) mass is 301 g/mol. The first-order chi connectivity index (χ1) is 10.0. The van der Waals surface area contributed by atoms with E-state index < -0.39 is 5.97 Å². The van der Waals surface area contributed by atoms with Gasteiger partial charge in [-0.25, -0.2) is 4.79 Å². The van der Waals surface area contributed by atoms with Crippen molar-refractivity contribution in [1.82, 2.24) is 4.90 Å². The first-order valence-electron chi connectivity index (χ1n) is 7.17. The Morgan fingerprint density at radius 2 is 2.19 bits per heavy atom. The zero-order chi connectivity index (χ0) is 15.0. The van der Waals surface area contributed by atoms with Gasteiger partial charge in [0.15, 0.2) is 0 Å². The number of nitrogens with zero attached hydrogens (tertiary/aromatic N) is 1. The van der Waals surface area contributed by atoms with E-state index in [1.54, 1.807) is 6.07 Å². The lowest BCUT2D eigenvalue weighted by atomic mass is 9.94. The van der Waals surface area contributed by atoms with Crippen LogP contribution in [0.4, 0.5) is 0 Å². The molecule has 110 valence electrons. The fraction of sp³-hybridized carbons (Fsp3) is 0.353. The molecule has 2 aromatic rings. The lowest BCUT2D eigenvalue weighted by Gasteiger charge is -2.29. The highest BCUT2D eigenvalue weighted by atomic mass is 32.1. The van der Waals surface area contributed by atoms with Gasteiger partial charge < -0.3 is 5.11 Å². The van der Waals surface area contributed by atoms with Gasteiger partial charge in [-0.05, 0) is 49.1 Å². The van der Waals surface area contributed by atoms with Gasteiger partial charge in [0.2, 0.25) is 0 Å². The molecular weight excluding hydrogens is 282 g/mol. The molecule has 1 aromatic carbocycles. The lowest BCUT2D eigenvalue weighted by Crippen LogP contribution is -2.31. The summed E-state index contributed by atoms with van der Waals surface area (Å²) in [6.45, 7) is 7.03. The van der Waals surface area contributed by atoms with Gasteiger partial charge in [-0.2, -0.15) is 0 Å². The van der Waals surface area contributed by atoms with Gasteiger partial charge in [0.1, 0.15) is 0 Å². The Morgan fingerprint density at radius 3 is 2.86 bits per heavy atom. The van der Waals surface area contributed by atoms with Crippen LogP contribution in [-0.4, -0.2) is 22.5 Å². The van der Waals surface area contributed by atoms with E-state index in [1.807, 2.05) is 17.4 Å². The van der Waals surface area contributed by atoms with E-state index in [1.165, 1.54) is 15.3 Å². The van der Waals surface area contributed by atoms with Crippen LogP contribution in [0.3, 0.4) is 0 Å². The van der Waals surface area contributed by atoms with Gasteiger partial charge in [-0.1, -0.05) is 12.1 Å². The summed E-state index contributed by atoms with van der Waals surface area (Å²) in [7, 11) is 0. The van der Waals surface area contributed by atoms with Gasteiger partial charge in [0, 0.05) is 29.4 Å². The highest BCUT2D eigenvalue weighted by Gasteiger charge is 2.21. The van der Waals surface area contributed by atoms with Gasteiger partial charge >= 0.3 is 5.97 Å². The van der Waals surface area contributed by atoms with Crippen LogP contribution in [0.15, 0.2) is 24.3 Å². The van der Waals surface area contributed by atoms with Crippen molar-refractivity contribution in [3.05, 3.63) is 56.3 Å². The second-order valence-corrected chi connectivity index (χ2v) is 7.11. The fourth-order valence-corrected chi connectivity index (χ4v) is 4.02. The van der Waals surface area contributed by atoms with E-state index in [-0.39, 0.29) is 0 Å². The number of rotatable bonds is 3. The summed E-state index contributed by atoms with van der Waals surface area (Å²) in [5.74, 6) is -0.815. The van der Waals surface area contributed by atoms with Crippen molar-refractivity contribution < 1.29 is 9.90 Å². The standard InChI is InChI=1S/C17H19NO2S/c1-11-8-14(12(2)21-11)10-18-7-6-15-13(9-18)4-3-5-16(15)17(19)20/h3-5,8H,6-7,9-10H2,1-2H3,(H,19,20). The van der Waals surface area contributed by atoms with E-state index in [9.17, 15) is 9.90 Å². The van der Waals surface area contributed by atoms with Crippen LogP contribution in [0.1, 0.15) is 36.8 Å². The van der Waals surface area contributed by atoms with Crippen molar-refractivity contribution in [2.75, 3.05) is 6.54 Å². The van der Waals surface area contributed by atoms with E-state index in [2.05, 4.69) is 30.9 Å². The summed E-state index contributed by atoms with van der Waals surface area (Å²) in [6, 6.07) is 7.89. The Morgan fingerprint density at radius 1 is 1.38 bits per heavy atom. The molecule has 0 amide bonds. The number of hydrogen-bond acceptors (Lipinski definition) is 3. The highest BCUT2D eigenvalue weighted by Crippen LogP contribution is 2.26. The molecule has 0 radical (unpaired) electrons. The number of thiophene rings is 1. The molecule has 1 aliphatic rings. The Labute approximate surface area is 128 Å². The Kier molecular flexibility index (Phi) is 3.83. The van der Waals surface area contributed by atoms with Crippen molar-refractivity contribution >= 4 is 17.3 Å². The number of fused-ring (bicyclic) bond motifs is 1. The van der Waals surface area contributed by atoms with E-state index in [0.717, 1.165) is 37.2 Å². The average Bonchev–Trinajstić information content (AvgIpc) is 2.75. The first-order valence-corrected chi connectivity index (χ1v) is 7.98.